The van der Waals surface area contributed by atoms with Gasteiger partial charge in [0.05, 0.1) is 25.8 Å². The predicted molar refractivity (Wildman–Crippen MR) is 234 cm³/mol. The third kappa shape index (κ3) is 7.17. The summed E-state index contributed by atoms with van der Waals surface area (Å²) in [6, 6.07) is 46.7. The molecule has 0 radical (unpaired) electrons. The lowest BCUT2D eigenvalue weighted by molar-refractivity contribution is -0.139. The molecule has 8 aromatic rings. The quantitative estimate of drug-likeness (QED) is 0.0608. The molecule has 1 aliphatic carbocycles. The summed E-state index contributed by atoms with van der Waals surface area (Å²) < 4.78 is 23.7. The Morgan fingerprint density at radius 1 is 0.542 bits per heavy atom. The molecule has 0 saturated heterocycles. The normalized spacial score (nSPS) is 12.4. The van der Waals surface area contributed by atoms with Crippen LogP contribution >= 0.6 is 22.7 Å². The Labute approximate surface area is 348 Å². The molecule has 1 aliphatic rings. The van der Waals surface area contributed by atoms with Gasteiger partial charge in [-0.05, 0) is 69.8 Å². The minimum atomic E-state index is -0.566. The van der Waals surface area contributed by atoms with E-state index in [0.29, 0.717) is 11.5 Å². The fraction of sp³-hybridized carbons (Fsp3) is 0.102. The zero-order valence-electron chi connectivity index (χ0n) is 31.8. The number of nitrogens with zero attached hydrogens (tertiary/aromatic N) is 2. The summed E-state index contributed by atoms with van der Waals surface area (Å²) in [5.74, 6) is 0.433. The molecule has 0 amide bonds. The molecule has 0 N–H and O–H groups in total. The van der Waals surface area contributed by atoms with E-state index in [0.717, 1.165) is 64.9 Å². The summed E-state index contributed by atoms with van der Waals surface area (Å²) in [5.41, 5.74) is 10.5. The molecule has 0 unspecified atom stereocenters. The topological polar surface area (TPSA) is 96.8 Å². The molecule has 0 bridgehead atoms. The monoisotopic (exact) mass is 812 g/mol. The third-order valence-corrected chi connectivity index (χ3v) is 12.5. The highest BCUT2D eigenvalue weighted by Crippen LogP contribution is 2.56. The van der Waals surface area contributed by atoms with Crippen molar-refractivity contribution in [3.8, 4) is 43.8 Å². The molecule has 2 heterocycles. The summed E-state index contributed by atoms with van der Waals surface area (Å²) in [6.45, 7) is 7.61. The van der Waals surface area contributed by atoms with E-state index in [2.05, 4.69) is 110 Å². The van der Waals surface area contributed by atoms with Crippen LogP contribution in [0.15, 0.2) is 159 Å². The maximum absolute atomic E-state index is 11.4. The van der Waals surface area contributed by atoms with Gasteiger partial charge in [0, 0.05) is 23.3 Å². The minimum Gasteiger partial charge on any atom is -0.490 e. The van der Waals surface area contributed by atoms with E-state index in [-0.39, 0.29) is 26.4 Å². The van der Waals surface area contributed by atoms with Crippen molar-refractivity contribution in [2.24, 2.45) is 0 Å². The molecule has 0 spiro atoms. The van der Waals surface area contributed by atoms with Gasteiger partial charge in [-0.1, -0.05) is 110 Å². The highest BCUT2D eigenvalue weighted by molar-refractivity contribution is 7.22. The lowest BCUT2D eigenvalue weighted by atomic mass is 9.67. The van der Waals surface area contributed by atoms with Gasteiger partial charge in [-0.25, -0.2) is 19.6 Å². The van der Waals surface area contributed by atoms with Crippen molar-refractivity contribution in [3.05, 3.63) is 181 Å². The summed E-state index contributed by atoms with van der Waals surface area (Å²) in [6.07, 6.45) is 2.27. The van der Waals surface area contributed by atoms with E-state index >= 15 is 0 Å². The van der Waals surface area contributed by atoms with E-state index in [9.17, 15) is 9.59 Å². The molecule has 0 atom stereocenters. The summed E-state index contributed by atoms with van der Waals surface area (Å²) in [4.78, 5) is 32.6. The van der Waals surface area contributed by atoms with Crippen molar-refractivity contribution >= 4 is 55.0 Å². The summed E-state index contributed by atoms with van der Waals surface area (Å²) in [5, 5.41) is 1.83. The molecule has 0 saturated carbocycles. The zero-order chi connectivity index (χ0) is 40.3. The van der Waals surface area contributed by atoms with Crippen molar-refractivity contribution in [2.45, 2.75) is 5.41 Å². The molecule has 59 heavy (non-hydrogen) atoms. The van der Waals surface area contributed by atoms with Crippen LogP contribution in [0.5, 0.6) is 11.5 Å². The number of thiazole rings is 2. The van der Waals surface area contributed by atoms with Crippen molar-refractivity contribution in [2.75, 3.05) is 26.4 Å². The number of esters is 2. The van der Waals surface area contributed by atoms with Gasteiger partial charge in [0.15, 0.2) is 0 Å². The van der Waals surface area contributed by atoms with Crippen molar-refractivity contribution in [1.82, 2.24) is 9.97 Å². The maximum atomic E-state index is 11.4. The summed E-state index contributed by atoms with van der Waals surface area (Å²) in [7, 11) is 0. The number of hydrogen-bond acceptors (Lipinski definition) is 10. The van der Waals surface area contributed by atoms with Gasteiger partial charge in [-0.3, -0.25) is 0 Å². The molecule has 9 rings (SSSR count). The van der Waals surface area contributed by atoms with Gasteiger partial charge < -0.3 is 18.9 Å². The zero-order valence-corrected chi connectivity index (χ0v) is 33.4. The first kappa shape index (κ1) is 37.7. The van der Waals surface area contributed by atoms with Crippen LogP contribution in [0.4, 0.5) is 0 Å². The molecule has 2 aromatic heterocycles. The van der Waals surface area contributed by atoms with Crippen LogP contribution in [0.25, 0.3) is 52.7 Å². The van der Waals surface area contributed by atoms with E-state index in [4.69, 9.17) is 28.9 Å². The van der Waals surface area contributed by atoms with Crippen LogP contribution in [0.3, 0.4) is 0 Å². The molecule has 290 valence electrons. The lowest BCUT2D eigenvalue weighted by Crippen LogP contribution is -2.28. The first-order valence-corrected chi connectivity index (χ1v) is 20.6. The second-order valence-electron chi connectivity index (χ2n) is 13.7. The Bertz CT molecular complexity index is 2680. The second kappa shape index (κ2) is 16.2. The number of fused-ring (bicyclic) bond motifs is 5. The van der Waals surface area contributed by atoms with Gasteiger partial charge in [-0.15, -0.1) is 22.7 Å². The van der Waals surface area contributed by atoms with Crippen molar-refractivity contribution < 1.29 is 28.5 Å². The number of ether oxygens (including phenoxy) is 4. The molecule has 0 fully saturated rings. The van der Waals surface area contributed by atoms with Gasteiger partial charge >= 0.3 is 11.9 Å². The van der Waals surface area contributed by atoms with Crippen LogP contribution in [0.1, 0.15) is 22.3 Å². The predicted octanol–water partition coefficient (Wildman–Crippen LogP) is 10.8. The number of hydrogen-bond donors (Lipinski definition) is 0. The summed E-state index contributed by atoms with van der Waals surface area (Å²) >= 11 is 3.22. The molecule has 8 nitrogen and oxygen atoms in total. The largest absolute Gasteiger partial charge is 0.490 e. The molecular formula is C49H36N2O6S2. The molecular weight excluding hydrogens is 777 g/mol. The standard InChI is InChI=1S/C49H36N2O6S2/c1-3-45(52)56-27-25-54-35-21-23-41-43(29-35)58-47(50-41)31-13-17-33(18-14-31)49(39-11-7-5-9-37(39)38-10-6-8-12-40(38)49)34-19-15-32(16-20-34)48-51-42-24-22-36(30-44(42)59-48)55-26-28-57-46(53)4-2/h3-24,29-30H,1-2,25-28H2. The second-order valence-corrected chi connectivity index (χ2v) is 15.8. The van der Waals surface area contributed by atoms with Crippen LogP contribution in [0, 0.1) is 0 Å². The number of rotatable bonds is 14. The maximum Gasteiger partial charge on any atom is 0.330 e. The Morgan fingerprint density at radius 2 is 0.966 bits per heavy atom. The Morgan fingerprint density at radius 3 is 1.39 bits per heavy atom. The van der Waals surface area contributed by atoms with Crippen LogP contribution < -0.4 is 9.47 Å². The fourth-order valence-corrected chi connectivity index (χ4v) is 9.71. The molecule has 6 aromatic carbocycles. The highest BCUT2D eigenvalue weighted by atomic mass is 32.1. The Hall–Kier alpha value is -6.88. The Balaban J connectivity index is 1.03. The molecule has 0 aliphatic heterocycles. The van der Waals surface area contributed by atoms with Gasteiger partial charge in [-0.2, -0.15) is 0 Å². The van der Waals surface area contributed by atoms with E-state index in [1.54, 1.807) is 22.7 Å². The average Bonchev–Trinajstić information content (AvgIpc) is 3.99. The molecule has 10 heteroatoms. The first-order valence-electron chi connectivity index (χ1n) is 19.0. The number of carbonyl (C=O) groups excluding carboxylic acids is 2. The number of benzene rings is 6. The Kier molecular flexibility index (Phi) is 10.3. The fourth-order valence-electron chi connectivity index (χ4n) is 7.71. The van der Waals surface area contributed by atoms with E-state index in [1.807, 2.05) is 36.4 Å². The number of carbonyl (C=O) groups is 2. The van der Waals surface area contributed by atoms with Crippen LogP contribution in [0.2, 0.25) is 0 Å². The number of aromatic nitrogens is 2. The van der Waals surface area contributed by atoms with Gasteiger partial charge in [0.2, 0.25) is 0 Å². The third-order valence-electron chi connectivity index (χ3n) is 10.3. The van der Waals surface area contributed by atoms with Gasteiger partial charge in [0.1, 0.15) is 47.9 Å². The van der Waals surface area contributed by atoms with Crippen molar-refractivity contribution in [1.29, 1.82) is 0 Å². The smallest absolute Gasteiger partial charge is 0.330 e. The van der Waals surface area contributed by atoms with Crippen LogP contribution in [-0.4, -0.2) is 48.3 Å². The van der Waals surface area contributed by atoms with Gasteiger partial charge in [0.25, 0.3) is 0 Å². The van der Waals surface area contributed by atoms with Crippen molar-refractivity contribution in [3.63, 3.8) is 0 Å². The van der Waals surface area contributed by atoms with E-state index in [1.165, 1.54) is 22.3 Å². The highest BCUT2D eigenvalue weighted by Gasteiger charge is 2.45. The SMILES string of the molecule is C=CC(=O)OCCOc1ccc2nc(-c3ccc(C4(c5ccc(-c6nc7ccc(OCCOC(=O)C=C)cc7s6)cc5)c5ccccc5-c5ccccc54)cc3)sc2c1. The minimum absolute atomic E-state index is 0.144. The van der Waals surface area contributed by atoms with Crippen LogP contribution in [-0.2, 0) is 24.5 Å². The average molecular weight is 813 g/mol. The van der Waals surface area contributed by atoms with E-state index < -0.39 is 17.4 Å². The first-order chi connectivity index (χ1) is 28.9. The lowest BCUT2D eigenvalue weighted by Gasteiger charge is -2.34.